The summed E-state index contributed by atoms with van der Waals surface area (Å²) in [5.74, 6) is -0.161. The molecule has 22 heavy (non-hydrogen) atoms. The number of hydrogen-bond donors (Lipinski definition) is 2. The highest BCUT2D eigenvalue weighted by Crippen LogP contribution is 2.05. The van der Waals surface area contributed by atoms with Gasteiger partial charge in [-0.3, -0.25) is 14.3 Å². The number of hydrogen-bond acceptors (Lipinski definition) is 4. The zero-order chi connectivity index (χ0) is 15.8. The lowest BCUT2D eigenvalue weighted by Crippen LogP contribution is -2.23. The van der Waals surface area contributed by atoms with E-state index in [4.69, 9.17) is 0 Å². The zero-order valence-electron chi connectivity index (χ0n) is 12.5. The SMILES string of the molecule is CNC(=O)c1cccc(CNC(=O)CCCn2cncn2)c1. The number of carbonyl (C=O) groups excluding carboxylic acids is 2. The number of aryl methyl sites for hydroxylation is 1. The Morgan fingerprint density at radius 2 is 2.18 bits per heavy atom. The first-order valence-electron chi connectivity index (χ1n) is 7.09. The summed E-state index contributed by atoms with van der Waals surface area (Å²) in [5.41, 5.74) is 1.48. The van der Waals surface area contributed by atoms with Gasteiger partial charge in [-0.15, -0.1) is 0 Å². The van der Waals surface area contributed by atoms with Crippen molar-refractivity contribution in [1.82, 2.24) is 25.4 Å². The van der Waals surface area contributed by atoms with E-state index in [1.807, 2.05) is 6.07 Å². The summed E-state index contributed by atoms with van der Waals surface area (Å²) >= 11 is 0. The quantitative estimate of drug-likeness (QED) is 0.789. The Kier molecular flexibility index (Phi) is 5.65. The minimum Gasteiger partial charge on any atom is -0.355 e. The highest BCUT2D eigenvalue weighted by molar-refractivity contribution is 5.94. The van der Waals surface area contributed by atoms with Gasteiger partial charge in [0.25, 0.3) is 5.91 Å². The number of rotatable bonds is 7. The van der Waals surface area contributed by atoms with Crippen LogP contribution in [-0.2, 0) is 17.9 Å². The highest BCUT2D eigenvalue weighted by atomic mass is 16.2. The second-order valence-electron chi connectivity index (χ2n) is 4.82. The first-order chi connectivity index (χ1) is 10.7. The van der Waals surface area contributed by atoms with Crippen LogP contribution in [0.4, 0.5) is 0 Å². The molecule has 2 amide bonds. The monoisotopic (exact) mass is 301 g/mol. The summed E-state index contributed by atoms with van der Waals surface area (Å²) < 4.78 is 1.69. The van der Waals surface area contributed by atoms with Gasteiger partial charge in [-0.25, -0.2) is 4.98 Å². The average molecular weight is 301 g/mol. The maximum Gasteiger partial charge on any atom is 0.251 e. The molecule has 7 heteroatoms. The van der Waals surface area contributed by atoms with E-state index in [0.717, 1.165) is 5.56 Å². The van der Waals surface area contributed by atoms with Crippen LogP contribution in [0.25, 0.3) is 0 Å². The van der Waals surface area contributed by atoms with Gasteiger partial charge in [0.1, 0.15) is 12.7 Å². The summed E-state index contributed by atoms with van der Waals surface area (Å²) in [5, 5.41) is 9.40. The molecule has 0 saturated heterocycles. The standard InChI is InChI=1S/C15H19N5O2/c1-16-15(22)13-5-2-4-12(8-13)9-18-14(21)6-3-7-20-11-17-10-19-20/h2,4-5,8,10-11H,3,6-7,9H2,1H3,(H,16,22)(H,18,21). The number of carbonyl (C=O) groups is 2. The molecule has 1 heterocycles. The summed E-state index contributed by atoms with van der Waals surface area (Å²) in [6.45, 7) is 1.08. The molecule has 0 radical (unpaired) electrons. The van der Waals surface area contributed by atoms with Gasteiger partial charge in [0.05, 0.1) is 0 Å². The van der Waals surface area contributed by atoms with Crippen LogP contribution in [0.5, 0.6) is 0 Å². The van der Waals surface area contributed by atoms with Crippen molar-refractivity contribution in [3.05, 3.63) is 48.0 Å². The summed E-state index contributed by atoms with van der Waals surface area (Å²) in [6, 6.07) is 7.19. The summed E-state index contributed by atoms with van der Waals surface area (Å²) in [7, 11) is 1.59. The lowest BCUT2D eigenvalue weighted by atomic mass is 10.1. The third-order valence-corrected chi connectivity index (χ3v) is 3.16. The molecule has 1 aromatic carbocycles. The molecule has 0 atom stereocenters. The van der Waals surface area contributed by atoms with E-state index in [1.54, 1.807) is 36.3 Å². The van der Waals surface area contributed by atoms with Crippen LogP contribution in [0.1, 0.15) is 28.8 Å². The van der Waals surface area contributed by atoms with Crippen LogP contribution in [0.3, 0.4) is 0 Å². The Balaban J connectivity index is 1.75. The van der Waals surface area contributed by atoms with Gasteiger partial charge >= 0.3 is 0 Å². The van der Waals surface area contributed by atoms with Crippen molar-refractivity contribution < 1.29 is 9.59 Å². The topological polar surface area (TPSA) is 88.9 Å². The molecule has 1 aromatic heterocycles. The van der Waals surface area contributed by atoms with Crippen molar-refractivity contribution >= 4 is 11.8 Å². The van der Waals surface area contributed by atoms with E-state index in [2.05, 4.69) is 20.7 Å². The Labute approximate surface area is 128 Å². The van der Waals surface area contributed by atoms with E-state index in [9.17, 15) is 9.59 Å². The summed E-state index contributed by atoms with van der Waals surface area (Å²) in [4.78, 5) is 27.2. The fourth-order valence-electron chi connectivity index (χ4n) is 2.01. The third kappa shape index (κ3) is 4.69. The number of aromatic nitrogens is 3. The van der Waals surface area contributed by atoms with Crippen LogP contribution >= 0.6 is 0 Å². The van der Waals surface area contributed by atoms with E-state index in [0.29, 0.717) is 31.5 Å². The van der Waals surface area contributed by atoms with E-state index in [1.165, 1.54) is 6.33 Å². The van der Waals surface area contributed by atoms with Crippen molar-refractivity contribution in [2.45, 2.75) is 25.9 Å². The first-order valence-corrected chi connectivity index (χ1v) is 7.09. The molecule has 0 saturated carbocycles. The number of nitrogens with zero attached hydrogens (tertiary/aromatic N) is 3. The molecule has 2 N–H and O–H groups in total. The Morgan fingerprint density at radius 3 is 2.91 bits per heavy atom. The van der Waals surface area contributed by atoms with E-state index in [-0.39, 0.29) is 11.8 Å². The van der Waals surface area contributed by atoms with Crippen molar-refractivity contribution in [2.75, 3.05) is 7.05 Å². The minimum atomic E-state index is -0.138. The third-order valence-electron chi connectivity index (χ3n) is 3.16. The van der Waals surface area contributed by atoms with Gasteiger partial charge in [0, 0.05) is 32.1 Å². The molecule has 0 aliphatic carbocycles. The predicted octanol–water partition coefficient (Wildman–Crippen LogP) is 0.734. The van der Waals surface area contributed by atoms with Gasteiger partial charge in [-0.1, -0.05) is 12.1 Å². The molecule has 2 rings (SSSR count). The molecule has 0 spiro atoms. The minimum absolute atomic E-state index is 0.0227. The van der Waals surface area contributed by atoms with Gasteiger partial charge < -0.3 is 10.6 Å². The molecular formula is C15H19N5O2. The largest absolute Gasteiger partial charge is 0.355 e. The number of amides is 2. The lowest BCUT2D eigenvalue weighted by molar-refractivity contribution is -0.121. The van der Waals surface area contributed by atoms with Crippen LogP contribution < -0.4 is 10.6 Å². The molecule has 0 bridgehead atoms. The molecular weight excluding hydrogens is 282 g/mol. The highest BCUT2D eigenvalue weighted by Gasteiger charge is 2.05. The Hall–Kier alpha value is -2.70. The maximum absolute atomic E-state index is 11.8. The number of benzene rings is 1. The fourth-order valence-corrected chi connectivity index (χ4v) is 2.01. The second kappa shape index (κ2) is 7.92. The lowest BCUT2D eigenvalue weighted by Gasteiger charge is -2.07. The fraction of sp³-hybridized carbons (Fsp3) is 0.333. The van der Waals surface area contributed by atoms with Crippen molar-refractivity contribution in [2.24, 2.45) is 0 Å². The molecule has 0 aliphatic rings. The molecule has 0 fully saturated rings. The van der Waals surface area contributed by atoms with Crippen LogP contribution in [-0.4, -0.2) is 33.6 Å². The van der Waals surface area contributed by atoms with Crippen molar-refractivity contribution in [1.29, 1.82) is 0 Å². The van der Waals surface area contributed by atoms with Crippen LogP contribution in [0.2, 0.25) is 0 Å². The van der Waals surface area contributed by atoms with E-state index >= 15 is 0 Å². The normalized spacial score (nSPS) is 10.2. The first kappa shape index (κ1) is 15.7. The van der Waals surface area contributed by atoms with Crippen LogP contribution in [0.15, 0.2) is 36.9 Å². The smallest absolute Gasteiger partial charge is 0.251 e. The predicted molar refractivity (Wildman–Crippen MR) is 80.9 cm³/mol. The van der Waals surface area contributed by atoms with Gasteiger partial charge in [0.15, 0.2) is 0 Å². The molecule has 2 aromatic rings. The maximum atomic E-state index is 11.8. The zero-order valence-corrected chi connectivity index (χ0v) is 12.5. The molecule has 0 unspecified atom stereocenters. The summed E-state index contributed by atoms with van der Waals surface area (Å²) in [6.07, 6.45) is 4.23. The number of nitrogens with one attached hydrogen (secondary N) is 2. The molecule has 7 nitrogen and oxygen atoms in total. The Bertz CT molecular complexity index is 625. The van der Waals surface area contributed by atoms with Crippen molar-refractivity contribution in [3.63, 3.8) is 0 Å². The second-order valence-corrected chi connectivity index (χ2v) is 4.82. The van der Waals surface area contributed by atoms with Gasteiger partial charge in [-0.2, -0.15) is 5.10 Å². The van der Waals surface area contributed by atoms with E-state index < -0.39 is 0 Å². The molecule has 0 aliphatic heterocycles. The van der Waals surface area contributed by atoms with Gasteiger partial charge in [0.2, 0.25) is 5.91 Å². The van der Waals surface area contributed by atoms with Crippen LogP contribution in [0, 0.1) is 0 Å². The Morgan fingerprint density at radius 1 is 1.32 bits per heavy atom. The molecule has 116 valence electrons. The van der Waals surface area contributed by atoms with Crippen molar-refractivity contribution in [3.8, 4) is 0 Å². The van der Waals surface area contributed by atoms with Gasteiger partial charge in [-0.05, 0) is 24.1 Å². The average Bonchev–Trinajstić information content (AvgIpc) is 3.06.